The minimum atomic E-state index is 0.477. The molecule has 0 saturated heterocycles. The maximum Gasteiger partial charge on any atom is 0.138 e. The van der Waals surface area contributed by atoms with Gasteiger partial charge in [0.05, 0.1) is 0 Å². The molecule has 0 aliphatic rings. The van der Waals surface area contributed by atoms with Gasteiger partial charge in [0, 0.05) is 30.3 Å². The van der Waals surface area contributed by atoms with Gasteiger partial charge in [-0.25, -0.2) is 4.98 Å². The Labute approximate surface area is 104 Å². The number of pyridine rings is 1. The van der Waals surface area contributed by atoms with Crippen LogP contribution < -0.4 is 4.90 Å². The first-order valence-corrected chi connectivity index (χ1v) is 6.61. The van der Waals surface area contributed by atoms with E-state index in [1.165, 1.54) is 5.82 Å². The summed E-state index contributed by atoms with van der Waals surface area (Å²) in [6, 6.07) is 6.69. The first-order chi connectivity index (χ1) is 7.74. The molecule has 0 aromatic carbocycles. The number of anilines is 1. The first kappa shape index (κ1) is 11.5. The molecule has 2 heterocycles. The third kappa shape index (κ3) is 2.07. The molecular formula is C12H16BrN3. The normalized spacial score (nSPS) is 11.2. The smallest absolute Gasteiger partial charge is 0.138 e. The lowest BCUT2D eigenvalue weighted by molar-refractivity contribution is 0.693. The van der Waals surface area contributed by atoms with Crippen LogP contribution in [0.15, 0.2) is 30.6 Å². The van der Waals surface area contributed by atoms with Crippen LogP contribution in [0.2, 0.25) is 0 Å². The third-order valence-electron chi connectivity index (χ3n) is 2.65. The molecule has 0 aliphatic carbocycles. The van der Waals surface area contributed by atoms with Gasteiger partial charge in [-0.05, 0) is 26.0 Å². The summed E-state index contributed by atoms with van der Waals surface area (Å²) >= 11 is 3.50. The van der Waals surface area contributed by atoms with E-state index >= 15 is 0 Å². The van der Waals surface area contributed by atoms with Crippen LogP contribution in [0.1, 0.15) is 13.8 Å². The Morgan fingerprint density at radius 1 is 1.44 bits per heavy atom. The van der Waals surface area contributed by atoms with Crippen LogP contribution in [0, 0.1) is 0 Å². The predicted octanol–water partition coefficient (Wildman–Crippen LogP) is 2.94. The van der Waals surface area contributed by atoms with E-state index in [9.17, 15) is 0 Å². The molecule has 0 saturated carbocycles. The first-order valence-electron chi connectivity index (χ1n) is 5.48. The average molecular weight is 282 g/mol. The second-order valence-corrected chi connectivity index (χ2v) is 4.81. The average Bonchev–Trinajstić information content (AvgIpc) is 2.73. The highest BCUT2D eigenvalue weighted by Gasteiger charge is 2.12. The fourth-order valence-corrected chi connectivity index (χ4v) is 2.28. The number of halogens is 1. The summed E-state index contributed by atoms with van der Waals surface area (Å²) in [5.74, 6) is 1.20. The van der Waals surface area contributed by atoms with Crippen LogP contribution in [-0.4, -0.2) is 27.3 Å². The van der Waals surface area contributed by atoms with Crippen molar-refractivity contribution in [3.8, 4) is 0 Å². The Hall–Kier alpha value is -1.03. The van der Waals surface area contributed by atoms with Crippen molar-refractivity contribution in [3.05, 3.63) is 30.6 Å². The Balaban J connectivity index is 2.47. The van der Waals surface area contributed by atoms with E-state index < -0.39 is 0 Å². The number of imidazole rings is 1. The van der Waals surface area contributed by atoms with Gasteiger partial charge in [0.1, 0.15) is 11.5 Å². The zero-order chi connectivity index (χ0) is 11.5. The van der Waals surface area contributed by atoms with Gasteiger partial charge in [0.15, 0.2) is 0 Å². The molecule has 86 valence electrons. The molecule has 0 bridgehead atoms. The second-order valence-electron chi connectivity index (χ2n) is 4.02. The molecule has 2 rings (SSSR count). The summed E-state index contributed by atoms with van der Waals surface area (Å²) < 4.78 is 2.13. The molecule has 2 aromatic rings. The van der Waals surface area contributed by atoms with Crippen molar-refractivity contribution in [2.45, 2.75) is 19.9 Å². The Bertz CT molecular complexity index is 464. The topological polar surface area (TPSA) is 20.5 Å². The van der Waals surface area contributed by atoms with Crippen molar-refractivity contribution in [2.75, 3.05) is 16.8 Å². The molecule has 0 N–H and O–H groups in total. The third-order valence-corrected chi connectivity index (χ3v) is 3.00. The Morgan fingerprint density at radius 2 is 2.25 bits per heavy atom. The summed E-state index contributed by atoms with van der Waals surface area (Å²) in [7, 11) is 0. The summed E-state index contributed by atoms with van der Waals surface area (Å²) in [5.41, 5.74) is 0.998. The fraction of sp³-hybridized carbons (Fsp3) is 0.417. The van der Waals surface area contributed by atoms with E-state index in [1.54, 1.807) is 0 Å². The monoisotopic (exact) mass is 281 g/mol. The number of hydrogen-bond acceptors (Lipinski definition) is 2. The number of rotatable bonds is 4. The van der Waals surface area contributed by atoms with E-state index in [0.29, 0.717) is 6.04 Å². The van der Waals surface area contributed by atoms with Gasteiger partial charge in [-0.1, -0.05) is 22.0 Å². The van der Waals surface area contributed by atoms with Gasteiger partial charge < -0.3 is 4.90 Å². The highest BCUT2D eigenvalue weighted by molar-refractivity contribution is 9.09. The molecule has 0 fully saturated rings. The molecule has 0 radical (unpaired) electrons. The molecule has 0 amide bonds. The van der Waals surface area contributed by atoms with E-state index in [-0.39, 0.29) is 0 Å². The molecule has 0 aliphatic heterocycles. The molecule has 4 heteroatoms. The maximum atomic E-state index is 4.31. The Kier molecular flexibility index (Phi) is 3.49. The van der Waals surface area contributed by atoms with Crippen molar-refractivity contribution in [3.63, 3.8) is 0 Å². The van der Waals surface area contributed by atoms with Crippen LogP contribution >= 0.6 is 15.9 Å². The second kappa shape index (κ2) is 4.87. The van der Waals surface area contributed by atoms with Crippen LogP contribution in [0.5, 0.6) is 0 Å². The highest BCUT2D eigenvalue weighted by atomic mass is 79.9. The molecule has 0 spiro atoms. The number of alkyl halides is 1. The van der Waals surface area contributed by atoms with Gasteiger partial charge in [-0.15, -0.1) is 0 Å². The Morgan fingerprint density at radius 3 is 2.94 bits per heavy atom. The maximum absolute atomic E-state index is 4.31. The van der Waals surface area contributed by atoms with Crippen molar-refractivity contribution < 1.29 is 0 Å². The summed E-state index contributed by atoms with van der Waals surface area (Å²) in [5, 5.41) is 0.969. The number of aromatic nitrogens is 2. The largest absolute Gasteiger partial charge is 0.354 e. The molecule has 0 atom stereocenters. The van der Waals surface area contributed by atoms with Gasteiger partial charge >= 0.3 is 0 Å². The number of nitrogens with zero attached hydrogens (tertiary/aromatic N) is 3. The molecule has 0 unspecified atom stereocenters. The summed E-state index contributed by atoms with van der Waals surface area (Å²) in [4.78, 5) is 6.67. The predicted molar refractivity (Wildman–Crippen MR) is 71.5 cm³/mol. The molecule has 16 heavy (non-hydrogen) atoms. The molecule has 2 aromatic heterocycles. The molecule has 3 nitrogen and oxygen atoms in total. The van der Waals surface area contributed by atoms with E-state index in [4.69, 9.17) is 0 Å². The van der Waals surface area contributed by atoms with E-state index in [0.717, 1.165) is 17.5 Å². The number of hydrogen-bond donors (Lipinski definition) is 0. The van der Waals surface area contributed by atoms with E-state index in [2.05, 4.69) is 56.2 Å². The van der Waals surface area contributed by atoms with Crippen molar-refractivity contribution in [1.29, 1.82) is 0 Å². The summed E-state index contributed by atoms with van der Waals surface area (Å²) in [6.45, 7) is 5.41. The standard InChI is InChI=1S/C12H16BrN3/c1-10(2)15(8-6-13)12-5-3-4-11-14-7-9-16(11)12/h3-5,7,9-10H,6,8H2,1-2H3. The SMILES string of the molecule is CC(C)N(CCBr)c1cccc2nccn12. The molecular weight excluding hydrogens is 266 g/mol. The lowest BCUT2D eigenvalue weighted by atomic mass is 10.3. The zero-order valence-corrected chi connectivity index (χ0v) is 11.2. The van der Waals surface area contributed by atoms with Gasteiger partial charge in [0.25, 0.3) is 0 Å². The summed E-state index contributed by atoms with van der Waals surface area (Å²) in [6.07, 6.45) is 3.85. The van der Waals surface area contributed by atoms with Crippen LogP contribution in [0.25, 0.3) is 5.65 Å². The van der Waals surface area contributed by atoms with Crippen LogP contribution in [0.4, 0.5) is 5.82 Å². The lowest BCUT2D eigenvalue weighted by Gasteiger charge is -2.28. The highest BCUT2D eigenvalue weighted by Crippen LogP contribution is 2.18. The van der Waals surface area contributed by atoms with Crippen molar-refractivity contribution in [1.82, 2.24) is 9.38 Å². The van der Waals surface area contributed by atoms with Gasteiger partial charge in [-0.3, -0.25) is 4.40 Å². The van der Waals surface area contributed by atoms with Gasteiger partial charge in [-0.2, -0.15) is 0 Å². The zero-order valence-electron chi connectivity index (χ0n) is 9.60. The van der Waals surface area contributed by atoms with Crippen molar-refractivity contribution in [2.24, 2.45) is 0 Å². The minimum absolute atomic E-state index is 0.477. The van der Waals surface area contributed by atoms with Crippen molar-refractivity contribution >= 4 is 27.4 Å². The minimum Gasteiger partial charge on any atom is -0.354 e. The number of fused-ring (bicyclic) bond motifs is 1. The van der Waals surface area contributed by atoms with Crippen LogP contribution in [-0.2, 0) is 0 Å². The lowest BCUT2D eigenvalue weighted by Crippen LogP contribution is -2.33. The van der Waals surface area contributed by atoms with Gasteiger partial charge in [0.2, 0.25) is 0 Å². The van der Waals surface area contributed by atoms with E-state index in [1.807, 2.05) is 18.5 Å². The quantitative estimate of drug-likeness (QED) is 0.804. The van der Waals surface area contributed by atoms with Crippen LogP contribution in [0.3, 0.4) is 0 Å². The fourth-order valence-electron chi connectivity index (χ4n) is 1.90.